The molecular formula is C20H14ClF3N4O4. The zero-order valence-corrected chi connectivity index (χ0v) is 17.1. The van der Waals surface area contributed by atoms with E-state index >= 15 is 0 Å². The van der Waals surface area contributed by atoms with Gasteiger partial charge in [0.05, 0.1) is 16.3 Å². The smallest absolute Gasteiger partial charge is 0.417 e. The molecule has 0 unspecified atom stereocenters. The maximum absolute atomic E-state index is 12.7. The average molecular weight is 467 g/mol. The third-order valence-electron chi connectivity index (χ3n) is 4.06. The number of rotatable bonds is 5. The highest BCUT2D eigenvalue weighted by Gasteiger charge is 2.31. The van der Waals surface area contributed by atoms with Crippen molar-refractivity contribution in [1.82, 2.24) is 14.8 Å². The molecule has 1 N–H and O–H groups in total. The van der Waals surface area contributed by atoms with E-state index in [9.17, 15) is 27.6 Å². The summed E-state index contributed by atoms with van der Waals surface area (Å²) in [4.78, 5) is 39.9. The minimum Gasteiger partial charge on any atom is -0.451 e. The standard InChI is InChI=1S/C20H14ClF3N4O4/c1-11-7-15(29)17(27-28(11)13-5-3-2-4-6-13)19(31)32-10-16(30)26-18-14(21)8-12(9-25-18)20(22,23)24/h2-9H,10H2,1H3,(H,25,26,30). The molecule has 2 aromatic heterocycles. The van der Waals surface area contributed by atoms with Crippen molar-refractivity contribution in [3.8, 4) is 5.69 Å². The molecule has 0 saturated carbocycles. The molecule has 1 aromatic carbocycles. The summed E-state index contributed by atoms with van der Waals surface area (Å²) in [5.41, 5.74) is -1.27. The number of hydrogen-bond donors (Lipinski definition) is 1. The number of amides is 1. The van der Waals surface area contributed by atoms with Crippen LogP contribution < -0.4 is 10.7 Å². The van der Waals surface area contributed by atoms with Gasteiger partial charge < -0.3 is 10.1 Å². The van der Waals surface area contributed by atoms with Crippen LogP contribution in [-0.2, 0) is 15.7 Å². The van der Waals surface area contributed by atoms with Crippen molar-refractivity contribution >= 4 is 29.3 Å². The van der Waals surface area contributed by atoms with E-state index in [1.165, 1.54) is 10.7 Å². The van der Waals surface area contributed by atoms with E-state index < -0.39 is 46.4 Å². The largest absolute Gasteiger partial charge is 0.451 e. The highest BCUT2D eigenvalue weighted by atomic mass is 35.5. The number of ether oxygens (including phenoxy) is 1. The number of halogens is 4. The fourth-order valence-electron chi connectivity index (χ4n) is 2.57. The minimum atomic E-state index is -4.65. The van der Waals surface area contributed by atoms with Gasteiger partial charge in [0, 0.05) is 18.0 Å². The van der Waals surface area contributed by atoms with Crippen molar-refractivity contribution in [3.63, 3.8) is 0 Å². The Hall–Kier alpha value is -3.73. The Bertz CT molecular complexity index is 1230. The van der Waals surface area contributed by atoms with Crippen LogP contribution in [0.5, 0.6) is 0 Å². The number of carbonyl (C=O) groups excluding carboxylic acids is 2. The van der Waals surface area contributed by atoms with E-state index in [0.29, 0.717) is 23.6 Å². The molecule has 3 rings (SSSR count). The Morgan fingerprint density at radius 3 is 2.50 bits per heavy atom. The summed E-state index contributed by atoms with van der Waals surface area (Å²) in [6.07, 6.45) is -4.15. The lowest BCUT2D eigenvalue weighted by Gasteiger charge is -2.11. The Labute approximate surface area is 183 Å². The topological polar surface area (TPSA) is 103 Å². The Balaban J connectivity index is 1.70. The van der Waals surface area contributed by atoms with Gasteiger partial charge in [-0.1, -0.05) is 29.8 Å². The number of nitrogens with zero attached hydrogens (tertiary/aromatic N) is 3. The maximum atomic E-state index is 12.7. The number of para-hydroxylation sites is 1. The molecule has 1 amide bonds. The zero-order valence-electron chi connectivity index (χ0n) is 16.3. The summed E-state index contributed by atoms with van der Waals surface area (Å²) in [5, 5.41) is 5.68. The first-order valence-corrected chi connectivity index (χ1v) is 9.30. The summed E-state index contributed by atoms with van der Waals surface area (Å²) in [7, 11) is 0. The number of aromatic nitrogens is 3. The predicted molar refractivity (Wildman–Crippen MR) is 108 cm³/mol. The third-order valence-corrected chi connectivity index (χ3v) is 4.35. The molecule has 2 heterocycles. The van der Waals surface area contributed by atoms with Gasteiger partial charge in [0.1, 0.15) is 0 Å². The van der Waals surface area contributed by atoms with Crippen molar-refractivity contribution in [2.24, 2.45) is 0 Å². The lowest BCUT2D eigenvalue weighted by molar-refractivity contribution is -0.137. The summed E-state index contributed by atoms with van der Waals surface area (Å²) < 4.78 is 44.1. The van der Waals surface area contributed by atoms with Crippen LogP contribution in [-0.4, -0.2) is 33.2 Å². The molecule has 0 aliphatic carbocycles. The molecule has 0 aliphatic heterocycles. The molecule has 0 bridgehead atoms. The molecule has 32 heavy (non-hydrogen) atoms. The number of benzene rings is 1. The number of alkyl halides is 3. The third kappa shape index (κ3) is 5.30. The number of pyridine rings is 1. The lowest BCUT2D eigenvalue weighted by atomic mass is 10.3. The summed E-state index contributed by atoms with van der Waals surface area (Å²) >= 11 is 5.71. The van der Waals surface area contributed by atoms with Crippen LogP contribution in [0.3, 0.4) is 0 Å². The van der Waals surface area contributed by atoms with Crippen molar-refractivity contribution < 1.29 is 27.5 Å². The number of hydrogen-bond acceptors (Lipinski definition) is 6. The Morgan fingerprint density at radius 2 is 1.88 bits per heavy atom. The van der Waals surface area contributed by atoms with Crippen molar-refractivity contribution in [2.45, 2.75) is 13.1 Å². The van der Waals surface area contributed by atoms with Crippen molar-refractivity contribution in [1.29, 1.82) is 0 Å². The highest BCUT2D eigenvalue weighted by Crippen LogP contribution is 2.32. The van der Waals surface area contributed by atoms with Gasteiger partial charge in [-0.25, -0.2) is 14.5 Å². The second-order valence-corrected chi connectivity index (χ2v) is 6.83. The highest BCUT2D eigenvalue weighted by molar-refractivity contribution is 6.33. The molecule has 0 spiro atoms. The first-order valence-electron chi connectivity index (χ1n) is 8.92. The van der Waals surface area contributed by atoms with Gasteiger partial charge in [-0.05, 0) is 25.1 Å². The number of aryl methyl sites for hydroxylation is 1. The quantitative estimate of drug-likeness (QED) is 0.578. The van der Waals surface area contributed by atoms with Crippen LogP contribution >= 0.6 is 11.6 Å². The Morgan fingerprint density at radius 1 is 1.19 bits per heavy atom. The molecule has 0 atom stereocenters. The first-order chi connectivity index (χ1) is 15.1. The first kappa shape index (κ1) is 22.9. The van der Waals surface area contributed by atoms with Gasteiger partial charge in [0.15, 0.2) is 12.4 Å². The van der Waals surface area contributed by atoms with Crippen LogP contribution in [0.4, 0.5) is 19.0 Å². The second kappa shape index (κ2) is 9.18. The summed E-state index contributed by atoms with van der Waals surface area (Å²) in [5.74, 6) is -2.43. The normalized spacial score (nSPS) is 11.2. The minimum absolute atomic E-state index is 0.347. The van der Waals surface area contributed by atoms with Gasteiger partial charge >= 0.3 is 12.1 Å². The molecular weight excluding hydrogens is 453 g/mol. The van der Waals surface area contributed by atoms with E-state index in [2.05, 4.69) is 15.4 Å². The number of anilines is 1. The van der Waals surface area contributed by atoms with Crippen molar-refractivity contribution in [2.75, 3.05) is 11.9 Å². The van der Waals surface area contributed by atoms with Gasteiger partial charge in [-0.3, -0.25) is 9.59 Å². The molecule has 0 radical (unpaired) electrons. The zero-order chi connectivity index (χ0) is 23.5. The van der Waals surface area contributed by atoms with Gasteiger partial charge in [0.2, 0.25) is 11.1 Å². The fraction of sp³-hybridized carbons (Fsp3) is 0.150. The van der Waals surface area contributed by atoms with Crippen molar-refractivity contribution in [3.05, 3.63) is 80.9 Å². The van der Waals surface area contributed by atoms with E-state index in [0.717, 1.165) is 0 Å². The SMILES string of the molecule is Cc1cc(=O)c(C(=O)OCC(=O)Nc2ncc(C(F)(F)F)cc2Cl)nn1-c1ccccc1. The van der Waals surface area contributed by atoms with Gasteiger partial charge in [-0.15, -0.1) is 0 Å². The summed E-state index contributed by atoms with van der Waals surface area (Å²) in [6.45, 7) is 0.781. The van der Waals surface area contributed by atoms with Gasteiger partial charge in [0.25, 0.3) is 5.91 Å². The molecule has 0 fully saturated rings. The van der Waals surface area contributed by atoms with E-state index in [4.69, 9.17) is 16.3 Å². The fourth-order valence-corrected chi connectivity index (χ4v) is 2.79. The molecule has 0 aliphatic rings. The number of carbonyl (C=O) groups is 2. The number of nitrogens with one attached hydrogen (secondary N) is 1. The number of esters is 1. The van der Waals surface area contributed by atoms with E-state index in [1.54, 1.807) is 37.3 Å². The van der Waals surface area contributed by atoms with Crippen LogP contribution in [0.1, 0.15) is 21.7 Å². The van der Waals surface area contributed by atoms with E-state index in [1.807, 2.05) is 0 Å². The molecule has 0 saturated heterocycles. The molecule has 3 aromatic rings. The molecule has 12 heteroatoms. The lowest BCUT2D eigenvalue weighted by Crippen LogP contribution is -2.27. The summed E-state index contributed by atoms with van der Waals surface area (Å²) in [6, 6.07) is 10.5. The van der Waals surface area contributed by atoms with Crippen LogP contribution in [0.25, 0.3) is 5.69 Å². The van der Waals surface area contributed by atoms with E-state index in [-0.39, 0.29) is 5.82 Å². The van der Waals surface area contributed by atoms with Crippen LogP contribution in [0, 0.1) is 6.92 Å². The Kier molecular flexibility index (Phi) is 6.58. The van der Waals surface area contributed by atoms with Gasteiger partial charge in [-0.2, -0.15) is 18.3 Å². The predicted octanol–water partition coefficient (Wildman–Crippen LogP) is 3.40. The van der Waals surface area contributed by atoms with Crippen LogP contribution in [0.15, 0.2) is 53.5 Å². The maximum Gasteiger partial charge on any atom is 0.417 e. The monoisotopic (exact) mass is 466 g/mol. The molecule has 8 nitrogen and oxygen atoms in total. The average Bonchev–Trinajstić information content (AvgIpc) is 2.73. The van der Waals surface area contributed by atoms with Crippen LogP contribution in [0.2, 0.25) is 5.02 Å². The molecule has 166 valence electrons. The second-order valence-electron chi connectivity index (χ2n) is 6.42.